The normalized spacial score (nSPS) is 10.8. The zero-order valence-electron chi connectivity index (χ0n) is 10.5. The lowest BCUT2D eigenvalue weighted by molar-refractivity contribution is 0.285. The molecule has 1 rings (SSSR count). The van der Waals surface area contributed by atoms with Crippen molar-refractivity contribution in [3.05, 3.63) is 23.5 Å². The van der Waals surface area contributed by atoms with Crippen LogP contribution in [0.3, 0.4) is 0 Å². The van der Waals surface area contributed by atoms with Crippen molar-refractivity contribution in [3.8, 4) is 5.75 Å². The molecule has 0 atom stereocenters. The Morgan fingerprint density at radius 2 is 2.12 bits per heavy atom. The van der Waals surface area contributed by atoms with E-state index in [1.54, 1.807) is 0 Å². The van der Waals surface area contributed by atoms with Gasteiger partial charge in [-0.05, 0) is 37.9 Å². The van der Waals surface area contributed by atoms with Crippen molar-refractivity contribution in [1.82, 2.24) is 4.98 Å². The van der Waals surface area contributed by atoms with Gasteiger partial charge in [0.15, 0.2) is 0 Å². The molecule has 90 valence electrons. The molecule has 3 heteroatoms. The highest BCUT2D eigenvalue weighted by Gasteiger charge is 2.05. The lowest BCUT2D eigenvalue weighted by Gasteiger charge is -2.12. The van der Waals surface area contributed by atoms with Crippen LogP contribution in [0.5, 0.6) is 5.75 Å². The molecule has 0 spiro atoms. The van der Waals surface area contributed by atoms with Crippen molar-refractivity contribution in [1.29, 1.82) is 0 Å². The third kappa shape index (κ3) is 4.19. The predicted molar refractivity (Wildman–Crippen MR) is 66.7 cm³/mol. The van der Waals surface area contributed by atoms with Gasteiger partial charge in [0, 0.05) is 12.1 Å². The molecule has 0 aliphatic rings. The molecule has 0 bridgehead atoms. The number of rotatable bonds is 6. The molecule has 0 saturated carbocycles. The number of hydrogen-bond donors (Lipinski definition) is 1. The second-order valence-electron chi connectivity index (χ2n) is 4.47. The highest BCUT2D eigenvalue weighted by molar-refractivity contribution is 5.29. The van der Waals surface area contributed by atoms with E-state index in [0.29, 0.717) is 12.5 Å². The van der Waals surface area contributed by atoms with Gasteiger partial charge >= 0.3 is 0 Å². The van der Waals surface area contributed by atoms with Gasteiger partial charge in [-0.2, -0.15) is 0 Å². The molecule has 0 unspecified atom stereocenters. The Morgan fingerprint density at radius 3 is 2.75 bits per heavy atom. The molecule has 0 fully saturated rings. The highest BCUT2D eigenvalue weighted by atomic mass is 16.5. The van der Waals surface area contributed by atoms with Crippen molar-refractivity contribution in [2.75, 3.05) is 13.2 Å². The molecule has 0 amide bonds. The molecule has 1 heterocycles. The molecule has 0 aliphatic heterocycles. The van der Waals surface area contributed by atoms with E-state index in [2.05, 4.69) is 18.8 Å². The van der Waals surface area contributed by atoms with E-state index < -0.39 is 0 Å². The van der Waals surface area contributed by atoms with Crippen molar-refractivity contribution in [2.24, 2.45) is 11.7 Å². The number of pyridine rings is 1. The number of hydrogen-bond acceptors (Lipinski definition) is 3. The first kappa shape index (κ1) is 13.0. The summed E-state index contributed by atoms with van der Waals surface area (Å²) in [5.74, 6) is 1.55. The average Bonchev–Trinajstić information content (AvgIpc) is 2.21. The maximum Gasteiger partial charge on any atom is 0.140 e. The minimum absolute atomic E-state index is 0.608. The van der Waals surface area contributed by atoms with E-state index in [9.17, 15) is 0 Å². The smallest absolute Gasteiger partial charge is 0.140 e. The summed E-state index contributed by atoms with van der Waals surface area (Å²) in [6.07, 6.45) is 1.84. The van der Waals surface area contributed by atoms with Crippen molar-refractivity contribution < 1.29 is 4.74 Å². The summed E-state index contributed by atoms with van der Waals surface area (Å²) in [5, 5.41) is 0. The Hall–Kier alpha value is -1.09. The molecule has 1 aromatic heterocycles. The van der Waals surface area contributed by atoms with Gasteiger partial charge < -0.3 is 10.5 Å². The van der Waals surface area contributed by atoms with E-state index in [-0.39, 0.29) is 0 Å². The number of ether oxygens (including phenoxy) is 1. The van der Waals surface area contributed by atoms with Crippen LogP contribution in [0.4, 0.5) is 0 Å². The maximum atomic E-state index is 5.74. The quantitative estimate of drug-likeness (QED) is 0.803. The Morgan fingerprint density at radius 1 is 1.38 bits per heavy atom. The minimum Gasteiger partial charge on any atom is -0.492 e. The Bertz CT molecular complexity index is 324. The van der Waals surface area contributed by atoms with Crippen LogP contribution in [-0.2, 0) is 6.42 Å². The van der Waals surface area contributed by atoms with Gasteiger partial charge in [0.1, 0.15) is 5.75 Å². The fourth-order valence-electron chi connectivity index (χ4n) is 1.45. The summed E-state index contributed by atoms with van der Waals surface area (Å²) in [7, 11) is 0. The van der Waals surface area contributed by atoms with Gasteiger partial charge in [-0.3, -0.25) is 4.98 Å². The van der Waals surface area contributed by atoms with Crippen LogP contribution in [0.15, 0.2) is 12.1 Å². The van der Waals surface area contributed by atoms with E-state index >= 15 is 0 Å². The highest BCUT2D eigenvalue weighted by Crippen LogP contribution is 2.18. The van der Waals surface area contributed by atoms with E-state index in [1.165, 1.54) is 0 Å². The zero-order chi connectivity index (χ0) is 12.0. The summed E-state index contributed by atoms with van der Waals surface area (Å²) in [4.78, 5) is 4.46. The molecule has 16 heavy (non-hydrogen) atoms. The van der Waals surface area contributed by atoms with Crippen molar-refractivity contribution >= 4 is 0 Å². The third-order valence-corrected chi connectivity index (χ3v) is 2.41. The standard InChI is InChI=1S/C13H22N2O/c1-10(2)7-9-16-13-5-4-11(3)15-12(13)6-8-14/h4-5,10H,6-9,14H2,1-3H3. The zero-order valence-corrected chi connectivity index (χ0v) is 10.5. The van der Waals surface area contributed by atoms with E-state index in [1.807, 2.05) is 19.1 Å². The van der Waals surface area contributed by atoms with Crippen LogP contribution in [0.1, 0.15) is 31.7 Å². The number of nitrogens with two attached hydrogens (primary N) is 1. The third-order valence-electron chi connectivity index (χ3n) is 2.41. The minimum atomic E-state index is 0.608. The van der Waals surface area contributed by atoms with Crippen LogP contribution in [0.2, 0.25) is 0 Å². The van der Waals surface area contributed by atoms with Crippen LogP contribution in [0, 0.1) is 12.8 Å². The van der Waals surface area contributed by atoms with Crippen LogP contribution in [-0.4, -0.2) is 18.1 Å². The first-order valence-electron chi connectivity index (χ1n) is 5.93. The monoisotopic (exact) mass is 222 g/mol. The molecule has 0 aliphatic carbocycles. The molecule has 0 aromatic carbocycles. The van der Waals surface area contributed by atoms with Gasteiger partial charge in [-0.1, -0.05) is 13.8 Å². The second kappa shape index (κ2) is 6.48. The average molecular weight is 222 g/mol. The fourth-order valence-corrected chi connectivity index (χ4v) is 1.45. The molecule has 0 saturated heterocycles. The molecular formula is C13H22N2O. The first-order chi connectivity index (χ1) is 7.63. The molecule has 0 radical (unpaired) electrons. The summed E-state index contributed by atoms with van der Waals surface area (Å²) >= 11 is 0. The summed E-state index contributed by atoms with van der Waals surface area (Å²) in [6, 6.07) is 3.97. The van der Waals surface area contributed by atoms with Crippen molar-refractivity contribution in [2.45, 2.75) is 33.6 Å². The fraction of sp³-hybridized carbons (Fsp3) is 0.615. The van der Waals surface area contributed by atoms with Crippen LogP contribution >= 0.6 is 0 Å². The van der Waals surface area contributed by atoms with Gasteiger partial charge in [-0.15, -0.1) is 0 Å². The lowest BCUT2D eigenvalue weighted by atomic mass is 10.1. The van der Waals surface area contributed by atoms with Crippen LogP contribution < -0.4 is 10.5 Å². The Labute approximate surface area is 98.0 Å². The van der Waals surface area contributed by atoms with Gasteiger partial charge in [0.05, 0.1) is 12.3 Å². The summed E-state index contributed by atoms with van der Waals surface area (Å²) < 4.78 is 5.74. The van der Waals surface area contributed by atoms with Gasteiger partial charge in [0.2, 0.25) is 0 Å². The van der Waals surface area contributed by atoms with E-state index in [0.717, 1.165) is 36.6 Å². The van der Waals surface area contributed by atoms with Gasteiger partial charge in [-0.25, -0.2) is 0 Å². The maximum absolute atomic E-state index is 5.74. The van der Waals surface area contributed by atoms with Crippen molar-refractivity contribution in [3.63, 3.8) is 0 Å². The second-order valence-corrected chi connectivity index (χ2v) is 4.47. The largest absolute Gasteiger partial charge is 0.492 e. The topological polar surface area (TPSA) is 48.1 Å². The molecule has 1 aromatic rings. The lowest BCUT2D eigenvalue weighted by Crippen LogP contribution is -2.09. The first-order valence-corrected chi connectivity index (χ1v) is 5.93. The molecule has 3 nitrogen and oxygen atoms in total. The molecule has 2 N–H and O–H groups in total. The summed E-state index contributed by atoms with van der Waals surface area (Å²) in [6.45, 7) is 7.73. The van der Waals surface area contributed by atoms with Gasteiger partial charge in [0.25, 0.3) is 0 Å². The number of nitrogens with zero attached hydrogens (tertiary/aromatic N) is 1. The number of aryl methyl sites for hydroxylation is 1. The molecular weight excluding hydrogens is 200 g/mol. The van der Waals surface area contributed by atoms with Crippen LogP contribution in [0.25, 0.3) is 0 Å². The predicted octanol–water partition coefficient (Wildman–Crippen LogP) is 2.32. The number of aromatic nitrogens is 1. The SMILES string of the molecule is Cc1ccc(OCCC(C)C)c(CCN)n1. The Balaban J connectivity index is 2.63. The van der Waals surface area contributed by atoms with E-state index in [4.69, 9.17) is 10.5 Å². The Kier molecular flexibility index (Phi) is 5.26. The summed E-state index contributed by atoms with van der Waals surface area (Å²) in [5.41, 5.74) is 7.55.